The van der Waals surface area contributed by atoms with Gasteiger partial charge in [0, 0.05) is 22.0 Å². The molecule has 11 heteroatoms. The first kappa shape index (κ1) is 27.8. The number of hydrogen-bond acceptors (Lipinski definition) is 7. The molecular formula is C30H26N4O6S. The van der Waals surface area contributed by atoms with Crippen molar-refractivity contribution in [3.63, 3.8) is 0 Å². The molecule has 0 saturated carbocycles. The molecule has 0 spiro atoms. The average molecular weight is 571 g/mol. The zero-order chi connectivity index (χ0) is 29.4. The summed E-state index contributed by atoms with van der Waals surface area (Å²) < 4.78 is 1.89. The van der Waals surface area contributed by atoms with Gasteiger partial charge in [0.1, 0.15) is 6.54 Å². The molecule has 0 saturated heterocycles. The fourth-order valence-electron chi connectivity index (χ4n) is 5.09. The number of para-hydroxylation sites is 1. The van der Waals surface area contributed by atoms with Gasteiger partial charge in [0.15, 0.2) is 5.65 Å². The molecule has 3 aromatic heterocycles. The summed E-state index contributed by atoms with van der Waals surface area (Å²) in [5.41, 5.74) is 0.0410. The highest BCUT2D eigenvalue weighted by molar-refractivity contribution is 7.98. The first-order valence-corrected chi connectivity index (χ1v) is 14.0. The second-order valence-electron chi connectivity index (χ2n) is 9.75. The summed E-state index contributed by atoms with van der Waals surface area (Å²) in [6.45, 7) is 2.65. The Morgan fingerprint density at radius 2 is 1.68 bits per heavy atom. The van der Waals surface area contributed by atoms with Crippen molar-refractivity contribution >= 4 is 45.6 Å². The number of aromatic carboxylic acids is 1. The van der Waals surface area contributed by atoms with Gasteiger partial charge in [-0.1, -0.05) is 50.2 Å². The summed E-state index contributed by atoms with van der Waals surface area (Å²) in [7, 11) is 0. The van der Waals surface area contributed by atoms with E-state index in [4.69, 9.17) is 0 Å². The Morgan fingerprint density at radius 1 is 0.976 bits per heavy atom. The number of nitrogens with zero attached hydrogens (tertiary/aromatic N) is 4. The van der Waals surface area contributed by atoms with Gasteiger partial charge >= 0.3 is 17.6 Å². The number of carbonyl (C=O) groups is 2. The minimum atomic E-state index is -1.39. The number of aromatic nitrogens is 4. The van der Waals surface area contributed by atoms with Crippen molar-refractivity contribution in [2.45, 2.75) is 37.8 Å². The van der Waals surface area contributed by atoms with E-state index in [0.717, 1.165) is 10.5 Å². The van der Waals surface area contributed by atoms with Gasteiger partial charge in [-0.3, -0.25) is 19.1 Å². The van der Waals surface area contributed by atoms with E-state index in [9.17, 15) is 29.4 Å². The van der Waals surface area contributed by atoms with Crippen LogP contribution in [0.2, 0.25) is 0 Å². The Kier molecular flexibility index (Phi) is 7.46. The maximum Gasteiger partial charge on any atom is 0.338 e. The van der Waals surface area contributed by atoms with Crippen molar-refractivity contribution in [2.75, 3.05) is 6.26 Å². The fraction of sp³-hybridized carbons (Fsp3) is 0.200. The van der Waals surface area contributed by atoms with E-state index < -0.39 is 29.7 Å². The predicted molar refractivity (Wildman–Crippen MR) is 157 cm³/mol. The number of carboxylic acid groups (broad SMARTS) is 2. The lowest BCUT2D eigenvalue weighted by Gasteiger charge is -2.21. The lowest BCUT2D eigenvalue weighted by Crippen LogP contribution is -2.42. The van der Waals surface area contributed by atoms with Gasteiger partial charge in [0.25, 0.3) is 5.56 Å². The van der Waals surface area contributed by atoms with Crippen LogP contribution in [0.1, 0.15) is 41.4 Å². The van der Waals surface area contributed by atoms with Gasteiger partial charge in [-0.25, -0.2) is 19.1 Å². The summed E-state index contributed by atoms with van der Waals surface area (Å²) >= 11 is 1.48. The van der Waals surface area contributed by atoms with Crippen LogP contribution in [-0.4, -0.2) is 47.5 Å². The van der Waals surface area contributed by atoms with Crippen LogP contribution in [-0.2, 0) is 17.9 Å². The van der Waals surface area contributed by atoms with Gasteiger partial charge in [-0.15, -0.1) is 11.8 Å². The molecule has 0 aliphatic heterocycles. The number of rotatable bonds is 8. The summed E-state index contributed by atoms with van der Waals surface area (Å²) in [6, 6.07) is 16.1. The highest BCUT2D eigenvalue weighted by Gasteiger charge is 2.29. The van der Waals surface area contributed by atoms with Crippen molar-refractivity contribution in [3.05, 3.63) is 98.5 Å². The molecule has 208 valence electrons. The molecule has 0 fully saturated rings. The molecule has 0 radical (unpaired) electrons. The normalized spacial score (nSPS) is 11.4. The van der Waals surface area contributed by atoms with E-state index in [-0.39, 0.29) is 40.3 Å². The van der Waals surface area contributed by atoms with Gasteiger partial charge in [0.2, 0.25) is 0 Å². The summed E-state index contributed by atoms with van der Waals surface area (Å²) in [6.07, 6.45) is 3.41. The van der Waals surface area contributed by atoms with Crippen LogP contribution in [0.15, 0.2) is 75.3 Å². The van der Waals surface area contributed by atoms with Crippen LogP contribution in [0.4, 0.5) is 0 Å². The highest BCUT2D eigenvalue weighted by Crippen LogP contribution is 2.37. The third-order valence-corrected chi connectivity index (χ3v) is 7.71. The highest BCUT2D eigenvalue weighted by atomic mass is 32.2. The maximum absolute atomic E-state index is 14.0. The molecular weight excluding hydrogens is 544 g/mol. The molecule has 41 heavy (non-hydrogen) atoms. The van der Waals surface area contributed by atoms with Crippen LogP contribution in [0.25, 0.3) is 33.1 Å². The number of carboxylic acids is 2. The third-order valence-electron chi connectivity index (χ3n) is 6.88. The van der Waals surface area contributed by atoms with Crippen LogP contribution >= 0.6 is 11.8 Å². The Hall–Kier alpha value is -4.77. The molecule has 0 unspecified atom stereocenters. The third kappa shape index (κ3) is 4.89. The second-order valence-corrected chi connectivity index (χ2v) is 10.6. The minimum absolute atomic E-state index is 0.0119. The molecule has 0 bridgehead atoms. The molecule has 5 rings (SSSR count). The zero-order valence-corrected chi connectivity index (χ0v) is 23.3. The van der Waals surface area contributed by atoms with Crippen molar-refractivity contribution < 1.29 is 19.8 Å². The van der Waals surface area contributed by atoms with Crippen molar-refractivity contribution in [2.24, 2.45) is 0 Å². The van der Waals surface area contributed by atoms with Gasteiger partial charge < -0.3 is 10.2 Å². The van der Waals surface area contributed by atoms with Crippen molar-refractivity contribution in [1.82, 2.24) is 19.1 Å². The summed E-state index contributed by atoms with van der Waals surface area (Å²) in [4.78, 5) is 62.4. The van der Waals surface area contributed by atoms with Crippen LogP contribution in [0, 0.1) is 0 Å². The molecule has 0 atom stereocenters. The van der Waals surface area contributed by atoms with Crippen LogP contribution < -0.4 is 11.2 Å². The quantitative estimate of drug-likeness (QED) is 0.259. The molecule has 0 aliphatic rings. The first-order chi connectivity index (χ1) is 19.6. The lowest BCUT2D eigenvalue weighted by atomic mass is 9.90. The van der Waals surface area contributed by atoms with E-state index in [1.807, 2.05) is 30.5 Å². The van der Waals surface area contributed by atoms with E-state index >= 15 is 0 Å². The van der Waals surface area contributed by atoms with Crippen molar-refractivity contribution in [1.29, 1.82) is 0 Å². The summed E-state index contributed by atoms with van der Waals surface area (Å²) in [5, 5.41) is 20.5. The zero-order valence-electron chi connectivity index (χ0n) is 22.5. The number of thioether (sulfide) groups is 1. The number of fused-ring (bicyclic) bond motifs is 2. The topological polar surface area (TPSA) is 144 Å². The summed E-state index contributed by atoms with van der Waals surface area (Å²) in [5.74, 6) is -3.07. The molecule has 2 aromatic carbocycles. The molecule has 10 nitrogen and oxygen atoms in total. The molecule has 5 aromatic rings. The monoisotopic (exact) mass is 570 g/mol. The Balaban J connectivity index is 2.05. The predicted octanol–water partition coefficient (Wildman–Crippen LogP) is 4.45. The Labute approximate surface area is 237 Å². The van der Waals surface area contributed by atoms with Crippen LogP contribution in [0.3, 0.4) is 0 Å². The molecule has 0 aliphatic carbocycles. The molecule has 0 amide bonds. The van der Waals surface area contributed by atoms with Crippen molar-refractivity contribution in [3.8, 4) is 11.1 Å². The second kappa shape index (κ2) is 11.0. The fourth-order valence-corrected chi connectivity index (χ4v) is 5.69. The Morgan fingerprint density at radius 3 is 2.37 bits per heavy atom. The van der Waals surface area contributed by atoms with E-state index in [0.29, 0.717) is 21.0 Å². The maximum atomic E-state index is 14.0. The minimum Gasteiger partial charge on any atom is -0.480 e. The standard InChI is InChI=1S/C30H26N4O6S/c1-16(2)26-24(29(38)39)23(19-12-13-31-20-10-6-5-9-18(19)20)25-27(32-26)33(14-17-8-4-7-11-21(17)41-3)30(40)34(28(25)37)15-22(35)36/h4-13,16H,14-15H2,1-3H3,(H,35,36)(H,38,39). The van der Waals surface area contributed by atoms with E-state index in [1.54, 1.807) is 44.2 Å². The van der Waals surface area contributed by atoms with Gasteiger partial charge in [0.05, 0.1) is 28.7 Å². The van der Waals surface area contributed by atoms with Gasteiger partial charge in [-0.05, 0) is 41.5 Å². The smallest absolute Gasteiger partial charge is 0.338 e. The SMILES string of the molecule is CSc1ccccc1Cn1c(=O)n(CC(=O)O)c(=O)c2c(-c3ccnc4ccccc34)c(C(=O)O)c(C(C)C)nc21. The number of hydrogen-bond donors (Lipinski definition) is 2. The van der Waals surface area contributed by atoms with E-state index in [1.165, 1.54) is 22.5 Å². The first-order valence-electron chi connectivity index (χ1n) is 12.8. The number of aliphatic carboxylic acids is 1. The molecule has 3 heterocycles. The Bertz CT molecular complexity index is 1970. The average Bonchev–Trinajstić information content (AvgIpc) is 2.96. The molecule has 2 N–H and O–H groups in total. The lowest BCUT2D eigenvalue weighted by molar-refractivity contribution is -0.137. The van der Waals surface area contributed by atoms with Crippen LogP contribution in [0.5, 0.6) is 0 Å². The van der Waals surface area contributed by atoms with Gasteiger partial charge in [-0.2, -0.15) is 0 Å². The largest absolute Gasteiger partial charge is 0.480 e. The number of pyridine rings is 2. The number of benzene rings is 2. The van der Waals surface area contributed by atoms with E-state index in [2.05, 4.69) is 9.97 Å².